The molecule has 2 aliphatic heterocycles. The van der Waals surface area contributed by atoms with Gasteiger partial charge in [-0.2, -0.15) is 0 Å². The summed E-state index contributed by atoms with van der Waals surface area (Å²) in [5.41, 5.74) is 1.93. The van der Waals surface area contributed by atoms with Gasteiger partial charge in [0.15, 0.2) is 0 Å². The average molecular weight is 354 g/mol. The van der Waals surface area contributed by atoms with Crippen LogP contribution in [0.3, 0.4) is 0 Å². The number of hydrogen-bond donors (Lipinski definition) is 0. The van der Waals surface area contributed by atoms with Gasteiger partial charge in [0.25, 0.3) is 5.91 Å². The van der Waals surface area contributed by atoms with E-state index in [1.54, 1.807) is 15.9 Å². The van der Waals surface area contributed by atoms with E-state index in [0.717, 1.165) is 24.1 Å². The first kappa shape index (κ1) is 16.6. The molecule has 0 saturated carbocycles. The molecule has 0 radical (unpaired) electrons. The van der Waals surface area contributed by atoms with E-state index in [1.807, 2.05) is 6.92 Å². The molecule has 134 valence electrons. The Balaban J connectivity index is 1.47. The number of aromatic nitrogens is 2. The molecule has 0 aliphatic carbocycles. The molecule has 2 aliphatic rings. The number of nitrogens with zero attached hydrogens (tertiary/aromatic N) is 4. The summed E-state index contributed by atoms with van der Waals surface area (Å²) in [6, 6.07) is 4.64. The molecule has 1 atom stereocenters. The minimum absolute atomic E-state index is 0.00625. The lowest BCUT2D eigenvalue weighted by Crippen LogP contribution is -2.58. The summed E-state index contributed by atoms with van der Waals surface area (Å²) >= 11 is 0. The number of aryl methyl sites for hydroxylation is 1. The Morgan fingerprint density at radius 2 is 2.04 bits per heavy atom. The van der Waals surface area contributed by atoms with E-state index in [0.29, 0.717) is 13.1 Å². The van der Waals surface area contributed by atoms with Crippen molar-refractivity contribution < 1.29 is 14.0 Å². The first-order valence-corrected chi connectivity index (χ1v) is 8.71. The summed E-state index contributed by atoms with van der Waals surface area (Å²) in [7, 11) is 0. The maximum absolute atomic E-state index is 13.5. The van der Waals surface area contributed by atoms with Crippen LogP contribution in [0.25, 0.3) is 0 Å². The van der Waals surface area contributed by atoms with Gasteiger partial charge in [-0.15, -0.1) is 0 Å². The zero-order chi connectivity index (χ0) is 18.3. The van der Waals surface area contributed by atoms with Gasteiger partial charge in [0.1, 0.15) is 11.5 Å². The van der Waals surface area contributed by atoms with E-state index in [2.05, 4.69) is 9.97 Å². The minimum atomic E-state index is -0.282. The van der Waals surface area contributed by atoms with Crippen LogP contribution in [0.5, 0.6) is 0 Å². The number of halogens is 1. The highest BCUT2D eigenvalue weighted by Gasteiger charge is 2.41. The molecule has 2 aromatic rings. The molecule has 26 heavy (non-hydrogen) atoms. The first-order chi connectivity index (χ1) is 12.5. The third kappa shape index (κ3) is 2.83. The smallest absolute Gasteiger partial charge is 0.274 e. The summed E-state index contributed by atoms with van der Waals surface area (Å²) in [6.07, 6.45) is 5.98. The zero-order valence-electron chi connectivity index (χ0n) is 14.4. The molecule has 1 saturated heterocycles. The van der Waals surface area contributed by atoms with Crippen LogP contribution in [-0.2, 0) is 11.2 Å². The molecular formula is C19H19FN4O2. The summed E-state index contributed by atoms with van der Waals surface area (Å²) in [6.45, 7) is 2.74. The summed E-state index contributed by atoms with van der Waals surface area (Å²) < 4.78 is 13.5. The van der Waals surface area contributed by atoms with Gasteiger partial charge in [-0.05, 0) is 43.5 Å². The second kappa shape index (κ2) is 6.48. The number of amides is 2. The van der Waals surface area contributed by atoms with E-state index in [4.69, 9.17) is 0 Å². The van der Waals surface area contributed by atoms with Crippen molar-refractivity contribution in [2.24, 2.45) is 5.92 Å². The molecule has 2 amide bonds. The van der Waals surface area contributed by atoms with Crippen LogP contribution in [-0.4, -0.2) is 45.8 Å². The lowest BCUT2D eigenvalue weighted by Gasteiger charge is -2.43. The molecule has 4 rings (SSSR count). The molecule has 0 bridgehead atoms. The highest BCUT2D eigenvalue weighted by molar-refractivity contribution is 6.00. The third-order valence-corrected chi connectivity index (χ3v) is 5.11. The van der Waals surface area contributed by atoms with Crippen molar-refractivity contribution in [3.8, 4) is 0 Å². The summed E-state index contributed by atoms with van der Waals surface area (Å²) in [5.74, 6) is -0.742. The van der Waals surface area contributed by atoms with Crippen LogP contribution in [0.2, 0.25) is 0 Å². The van der Waals surface area contributed by atoms with Crippen LogP contribution >= 0.6 is 0 Å². The van der Waals surface area contributed by atoms with Crippen molar-refractivity contribution in [3.05, 3.63) is 53.9 Å². The fourth-order valence-corrected chi connectivity index (χ4v) is 3.63. The van der Waals surface area contributed by atoms with Crippen LogP contribution in [0, 0.1) is 11.7 Å². The number of carbonyl (C=O) groups is 2. The van der Waals surface area contributed by atoms with Crippen LogP contribution in [0.4, 0.5) is 10.1 Å². The molecular weight excluding hydrogens is 335 g/mol. The number of benzene rings is 1. The highest BCUT2D eigenvalue weighted by Crippen LogP contribution is 2.34. The first-order valence-electron chi connectivity index (χ1n) is 8.71. The Kier molecular flexibility index (Phi) is 4.14. The quantitative estimate of drug-likeness (QED) is 0.828. The second-order valence-electron chi connectivity index (χ2n) is 6.87. The molecule has 1 aromatic heterocycles. The largest absolute Gasteiger partial charge is 0.336 e. The number of hydrogen-bond acceptors (Lipinski definition) is 4. The lowest BCUT2D eigenvalue weighted by molar-refractivity contribution is -0.126. The Bertz CT molecular complexity index is 852. The zero-order valence-corrected chi connectivity index (χ0v) is 14.4. The monoisotopic (exact) mass is 354 g/mol. The van der Waals surface area contributed by atoms with Crippen LogP contribution in [0.1, 0.15) is 29.4 Å². The molecule has 1 fully saturated rings. The standard InChI is InChI=1S/C19H19FN4O2/c1-12-2-3-13-8-15(20)4-5-17(13)24(12)18(25)14-10-23(11-14)19(26)16-9-21-6-7-22-16/h4-9,12,14H,2-3,10-11H2,1H3/t12-/m0/s1. The summed E-state index contributed by atoms with van der Waals surface area (Å²) in [5, 5.41) is 0. The van der Waals surface area contributed by atoms with Crippen molar-refractivity contribution in [3.63, 3.8) is 0 Å². The maximum Gasteiger partial charge on any atom is 0.274 e. The van der Waals surface area contributed by atoms with Gasteiger partial charge < -0.3 is 9.80 Å². The number of likely N-dealkylation sites (tertiary alicyclic amines) is 1. The fourth-order valence-electron chi connectivity index (χ4n) is 3.63. The van der Waals surface area contributed by atoms with Gasteiger partial charge in [0.05, 0.1) is 12.1 Å². The molecule has 6 nitrogen and oxygen atoms in total. The van der Waals surface area contributed by atoms with Gasteiger partial charge in [-0.25, -0.2) is 9.37 Å². The predicted octanol–water partition coefficient (Wildman–Crippen LogP) is 2.06. The topological polar surface area (TPSA) is 66.4 Å². The van der Waals surface area contributed by atoms with Crippen LogP contribution < -0.4 is 4.90 Å². The van der Waals surface area contributed by atoms with Crippen LogP contribution in [0.15, 0.2) is 36.8 Å². The van der Waals surface area contributed by atoms with E-state index in [1.165, 1.54) is 30.7 Å². The van der Waals surface area contributed by atoms with E-state index in [-0.39, 0.29) is 35.3 Å². The van der Waals surface area contributed by atoms with Gasteiger partial charge in [0, 0.05) is 37.2 Å². The van der Waals surface area contributed by atoms with Crippen molar-refractivity contribution in [2.75, 3.05) is 18.0 Å². The minimum Gasteiger partial charge on any atom is -0.336 e. The summed E-state index contributed by atoms with van der Waals surface area (Å²) in [4.78, 5) is 36.6. The number of fused-ring (bicyclic) bond motifs is 1. The van der Waals surface area contributed by atoms with Gasteiger partial charge in [0.2, 0.25) is 5.91 Å². The molecule has 0 spiro atoms. The predicted molar refractivity (Wildman–Crippen MR) is 93.1 cm³/mol. The normalized spacial score (nSPS) is 19.7. The van der Waals surface area contributed by atoms with Gasteiger partial charge >= 0.3 is 0 Å². The molecule has 3 heterocycles. The van der Waals surface area contributed by atoms with E-state index >= 15 is 0 Å². The Morgan fingerprint density at radius 1 is 1.23 bits per heavy atom. The van der Waals surface area contributed by atoms with E-state index < -0.39 is 0 Å². The van der Waals surface area contributed by atoms with E-state index in [9.17, 15) is 14.0 Å². The second-order valence-corrected chi connectivity index (χ2v) is 6.87. The number of carbonyl (C=O) groups excluding carboxylic acids is 2. The number of anilines is 1. The Morgan fingerprint density at radius 3 is 2.77 bits per heavy atom. The van der Waals surface area contributed by atoms with Gasteiger partial charge in [-0.3, -0.25) is 14.6 Å². The molecule has 0 unspecified atom stereocenters. The molecule has 7 heteroatoms. The molecule has 1 aromatic carbocycles. The average Bonchev–Trinajstić information content (AvgIpc) is 2.61. The number of rotatable bonds is 2. The molecule has 0 N–H and O–H groups in total. The van der Waals surface area contributed by atoms with Crippen molar-refractivity contribution in [1.82, 2.24) is 14.9 Å². The van der Waals surface area contributed by atoms with Crippen molar-refractivity contribution in [2.45, 2.75) is 25.8 Å². The van der Waals surface area contributed by atoms with Gasteiger partial charge in [-0.1, -0.05) is 0 Å². The third-order valence-electron chi connectivity index (χ3n) is 5.11. The fraction of sp³-hybridized carbons (Fsp3) is 0.368. The Labute approximate surface area is 150 Å². The van der Waals surface area contributed by atoms with Crippen molar-refractivity contribution in [1.29, 1.82) is 0 Å². The Hall–Kier alpha value is -2.83. The maximum atomic E-state index is 13.5. The van der Waals surface area contributed by atoms with Crippen molar-refractivity contribution >= 4 is 17.5 Å². The highest BCUT2D eigenvalue weighted by atomic mass is 19.1. The lowest BCUT2D eigenvalue weighted by atomic mass is 9.92. The SMILES string of the molecule is C[C@H]1CCc2cc(F)ccc2N1C(=O)C1CN(C(=O)c2cnccn2)C1.